The van der Waals surface area contributed by atoms with Crippen LogP contribution < -0.4 is 15.4 Å². The fraction of sp³-hybridized carbons (Fsp3) is 0.211. The Morgan fingerprint density at radius 2 is 1.92 bits per heavy atom. The second-order valence-corrected chi connectivity index (χ2v) is 5.66. The number of rotatable bonds is 7. The summed E-state index contributed by atoms with van der Waals surface area (Å²) in [6.07, 6.45) is 3.86. The molecule has 1 aromatic carbocycles. The van der Waals surface area contributed by atoms with Crippen LogP contribution in [0.1, 0.15) is 16.2 Å². The van der Waals surface area contributed by atoms with E-state index in [0.717, 1.165) is 11.6 Å². The average molecular weight is 351 g/mol. The predicted molar refractivity (Wildman–Crippen MR) is 99.9 cm³/mol. The number of methoxy groups -OCH3 is 1. The normalized spacial score (nSPS) is 10.4. The molecule has 2 N–H and O–H groups in total. The van der Waals surface area contributed by atoms with Crippen molar-refractivity contribution in [1.29, 1.82) is 0 Å². The molecular weight excluding hydrogens is 330 g/mol. The van der Waals surface area contributed by atoms with Crippen molar-refractivity contribution in [2.75, 3.05) is 25.5 Å². The summed E-state index contributed by atoms with van der Waals surface area (Å²) in [5.74, 6) is 2.71. The molecule has 0 atom stereocenters. The van der Waals surface area contributed by atoms with E-state index in [0.29, 0.717) is 30.2 Å². The van der Waals surface area contributed by atoms with Crippen LogP contribution in [0.4, 0.5) is 5.82 Å². The van der Waals surface area contributed by atoms with E-state index in [9.17, 15) is 4.79 Å². The van der Waals surface area contributed by atoms with Crippen molar-refractivity contribution in [2.24, 2.45) is 0 Å². The highest BCUT2D eigenvalue weighted by Gasteiger charge is 2.06. The summed E-state index contributed by atoms with van der Waals surface area (Å²) < 4.78 is 7.05. The van der Waals surface area contributed by atoms with Crippen molar-refractivity contribution < 1.29 is 9.53 Å². The minimum atomic E-state index is -0.141. The van der Waals surface area contributed by atoms with Crippen LogP contribution in [0, 0.1) is 6.92 Å². The van der Waals surface area contributed by atoms with E-state index in [1.807, 2.05) is 42.1 Å². The average Bonchev–Trinajstić information content (AvgIpc) is 3.19. The lowest BCUT2D eigenvalue weighted by Crippen LogP contribution is -2.29. The van der Waals surface area contributed by atoms with E-state index >= 15 is 0 Å². The molecule has 0 aliphatic carbocycles. The number of hydrogen-bond acceptors (Lipinski definition) is 5. The molecule has 3 aromatic rings. The summed E-state index contributed by atoms with van der Waals surface area (Å²) in [7, 11) is 1.58. The molecule has 0 unspecified atom stereocenters. The van der Waals surface area contributed by atoms with Gasteiger partial charge in [0.25, 0.3) is 5.91 Å². The summed E-state index contributed by atoms with van der Waals surface area (Å²) in [4.78, 5) is 21.0. The zero-order valence-electron chi connectivity index (χ0n) is 14.8. The molecule has 0 bridgehead atoms. The third-order valence-electron chi connectivity index (χ3n) is 3.74. The number of ether oxygens (including phenoxy) is 1. The van der Waals surface area contributed by atoms with Gasteiger partial charge in [0.1, 0.15) is 23.2 Å². The van der Waals surface area contributed by atoms with Crippen LogP contribution in [0.3, 0.4) is 0 Å². The highest BCUT2D eigenvalue weighted by atomic mass is 16.5. The van der Waals surface area contributed by atoms with Crippen LogP contribution in [-0.2, 0) is 0 Å². The van der Waals surface area contributed by atoms with Crippen molar-refractivity contribution in [3.05, 3.63) is 66.2 Å². The number of aromatic nitrogens is 3. The zero-order chi connectivity index (χ0) is 18.4. The number of benzene rings is 1. The van der Waals surface area contributed by atoms with Gasteiger partial charge in [0.15, 0.2) is 0 Å². The summed E-state index contributed by atoms with van der Waals surface area (Å²) in [6, 6.07) is 12.8. The highest BCUT2D eigenvalue weighted by Crippen LogP contribution is 2.13. The molecule has 0 saturated carbocycles. The van der Waals surface area contributed by atoms with Crippen LogP contribution in [0.25, 0.3) is 5.82 Å². The minimum Gasteiger partial charge on any atom is -0.497 e. The van der Waals surface area contributed by atoms with E-state index in [4.69, 9.17) is 4.74 Å². The molecule has 0 fully saturated rings. The Balaban J connectivity index is 1.54. The zero-order valence-corrected chi connectivity index (χ0v) is 14.8. The molecule has 0 aliphatic rings. The molecule has 26 heavy (non-hydrogen) atoms. The minimum absolute atomic E-state index is 0.141. The number of carbonyl (C=O) groups excluding carboxylic acids is 1. The van der Waals surface area contributed by atoms with Gasteiger partial charge in [-0.1, -0.05) is 6.07 Å². The number of nitrogens with one attached hydrogen (secondary N) is 2. The van der Waals surface area contributed by atoms with Gasteiger partial charge in [0.2, 0.25) is 0 Å². The van der Waals surface area contributed by atoms with Crippen LogP contribution in [0.2, 0.25) is 0 Å². The van der Waals surface area contributed by atoms with Gasteiger partial charge in [0, 0.05) is 37.1 Å². The first-order valence-corrected chi connectivity index (χ1v) is 8.31. The Morgan fingerprint density at radius 3 is 2.69 bits per heavy atom. The molecule has 0 aliphatic heterocycles. The smallest absolute Gasteiger partial charge is 0.251 e. The first kappa shape index (κ1) is 17.5. The van der Waals surface area contributed by atoms with Crippen LogP contribution in [0.5, 0.6) is 5.75 Å². The second-order valence-electron chi connectivity index (χ2n) is 5.66. The van der Waals surface area contributed by atoms with E-state index in [1.54, 1.807) is 31.4 Å². The molecule has 2 aromatic heterocycles. The van der Waals surface area contributed by atoms with Gasteiger partial charge >= 0.3 is 0 Å². The lowest BCUT2D eigenvalue weighted by atomic mass is 10.2. The Hall–Kier alpha value is -3.35. The first-order valence-electron chi connectivity index (χ1n) is 8.31. The quantitative estimate of drug-likeness (QED) is 0.639. The second kappa shape index (κ2) is 8.15. The van der Waals surface area contributed by atoms with Crippen LogP contribution >= 0.6 is 0 Å². The predicted octanol–water partition coefficient (Wildman–Crippen LogP) is 2.43. The largest absolute Gasteiger partial charge is 0.497 e. The summed E-state index contributed by atoms with van der Waals surface area (Å²) in [5.41, 5.74) is 0.567. The fourth-order valence-electron chi connectivity index (χ4n) is 2.49. The molecule has 3 rings (SSSR count). The maximum atomic E-state index is 12.2. The third-order valence-corrected chi connectivity index (χ3v) is 3.74. The van der Waals surface area contributed by atoms with Gasteiger partial charge in [0.05, 0.1) is 7.11 Å². The Kier molecular flexibility index (Phi) is 5.48. The maximum Gasteiger partial charge on any atom is 0.251 e. The van der Waals surface area contributed by atoms with Gasteiger partial charge < -0.3 is 19.9 Å². The lowest BCUT2D eigenvalue weighted by molar-refractivity contribution is 0.0955. The number of amides is 1. The number of anilines is 1. The van der Waals surface area contributed by atoms with Crippen molar-refractivity contribution in [3.8, 4) is 11.6 Å². The van der Waals surface area contributed by atoms with E-state index < -0.39 is 0 Å². The van der Waals surface area contributed by atoms with Gasteiger partial charge in [-0.15, -0.1) is 0 Å². The number of nitrogens with zero attached hydrogens (tertiary/aromatic N) is 3. The van der Waals surface area contributed by atoms with Gasteiger partial charge in [-0.05, 0) is 37.3 Å². The topological polar surface area (TPSA) is 81.1 Å². The standard InChI is InChI=1S/C19H21N5O2/c1-14-22-17(13-18(23-14)24-10-3-4-11-24)20-8-9-21-19(25)15-6-5-7-16(12-15)26-2/h3-7,10-13H,8-9H2,1-2H3,(H,21,25)(H,20,22,23). The highest BCUT2D eigenvalue weighted by molar-refractivity contribution is 5.94. The SMILES string of the molecule is COc1cccc(C(=O)NCCNc2cc(-n3cccc3)nc(C)n2)c1. The maximum absolute atomic E-state index is 12.2. The Morgan fingerprint density at radius 1 is 1.12 bits per heavy atom. The molecule has 0 saturated heterocycles. The van der Waals surface area contributed by atoms with Crippen LogP contribution in [0.15, 0.2) is 54.9 Å². The summed E-state index contributed by atoms with van der Waals surface area (Å²) >= 11 is 0. The van der Waals surface area contributed by atoms with Gasteiger partial charge in [-0.2, -0.15) is 0 Å². The van der Waals surface area contributed by atoms with Crippen molar-refractivity contribution >= 4 is 11.7 Å². The summed E-state index contributed by atoms with van der Waals surface area (Å²) in [6.45, 7) is 2.87. The molecular formula is C19H21N5O2. The lowest BCUT2D eigenvalue weighted by Gasteiger charge is -2.10. The van der Waals surface area contributed by atoms with E-state index in [2.05, 4.69) is 20.6 Å². The monoisotopic (exact) mass is 351 g/mol. The van der Waals surface area contributed by atoms with Gasteiger partial charge in [-0.3, -0.25) is 4.79 Å². The number of hydrogen-bond donors (Lipinski definition) is 2. The van der Waals surface area contributed by atoms with Crippen molar-refractivity contribution in [1.82, 2.24) is 19.9 Å². The Labute approximate surface area is 152 Å². The third kappa shape index (κ3) is 4.38. The summed E-state index contributed by atoms with van der Waals surface area (Å²) in [5, 5.41) is 6.09. The van der Waals surface area contributed by atoms with Gasteiger partial charge in [-0.25, -0.2) is 9.97 Å². The number of aryl methyl sites for hydroxylation is 1. The molecule has 7 nitrogen and oxygen atoms in total. The number of carbonyl (C=O) groups is 1. The Bertz CT molecular complexity index is 877. The van der Waals surface area contributed by atoms with E-state index in [-0.39, 0.29) is 5.91 Å². The molecule has 7 heteroatoms. The molecule has 2 heterocycles. The van der Waals surface area contributed by atoms with Crippen molar-refractivity contribution in [3.63, 3.8) is 0 Å². The fourth-order valence-corrected chi connectivity index (χ4v) is 2.49. The molecule has 0 spiro atoms. The molecule has 1 amide bonds. The van der Waals surface area contributed by atoms with E-state index in [1.165, 1.54) is 0 Å². The first-order chi connectivity index (χ1) is 12.7. The molecule has 0 radical (unpaired) electrons. The molecule has 134 valence electrons. The van der Waals surface area contributed by atoms with Crippen LogP contribution in [-0.4, -0.2) is 40.6 Å². The van der Waals surface area contributed by atoms with Crippen molar-refractivity contribution in [2.45, 2.75) is 6.92 Å².